The number of aryl methyl sites for hydroxylation is 2. The Morgan fingerprint density at radius 2 is 2.06 bits per heavy atom. The van der Waals surface area contributed by atoms with E-state index in [1.165, 1.54) is 11.6 Å². The van der Waals surface area contributed by atoms with Gasteiger partial charge in [-0.1, -0.05) is 6.07 Å². The molecule has 0 fully saturated rings. The molecule has 0 spiro atoms. The van der Waals surface area contributed by atoms with Crippen molar-refractivity contribution in [3.8, 4) is 0 Å². The zero-order valence-electron chi connectivity index (χ0n) is 11.0. The molecule has 0 saturated heterocycles. The standard InChI is InChI=1S/C14H18FN3/c1-10-6-14(15)5-4-12(10)8-18-9-13(7-16-3)11(2)17-18/h4-6,9,16H,7-8H2,1-3H3. The van der Waals surface area contributed by atoms with Crippen LogP contribution in [0.5, 0.6) is 0 Å². The molecule has 2 rings (SSSR count). The van der Waals surface area contributed by atoms with E-state index in [1.54, 1.807) is 6.07 Å². The van der Waals surface area contributed by atoms with Crippen molar-refractivity contribution in [2.24, 2.45) is 0 Å². The summed E-state index contributed by atoms with van der Waals surface area (Å²) >= 11 is 0. The number of rotatable bonds is 4. The van der Waals surface area contributed by atoms with Crippen LogP contribution in [-0.4, -0.2) is 16.8 Å². The highest BCUT2D eigenvalue weighted by Crippen LogP contribution is 2.13. The van der Waals surface area contributed by atoms with Crippen molar-refractivity contribution in [2.45, 2.75) is 26.9 Å². The van der Waals surface area contributed by atoms with Crippen LogP contribution >= 0.6 is 0 Å². The topological polar surface area (TPSA) is 29.9 Å². The van der Waals surface area contributed by atoms with Crippen LogP contribution in [0.3, 0.4) is 0 Å². The van der Waals surface area contributed by atoms with E-state index < -0.39 is 0 Å². The Morgan fingerprint density at radius 1 is 1.28 bits per heavy atom. The number of hydrogen-bond donors (Lipinski definition) is 1. The molecule has 0 saturated carbocycles. The molecule has 0 aliphatic heterocycles. The molecular formula is C14H18FN3. The third-order valence-electron chi connectivity index (χ3n) is 3.05. The van der Waals surface area contributed by atoms with Crippen LogP contribution in [-0.2, 0) is 13.1 Å². The van der Waals surface area contributed by atoms with Crippen LogP contribution in [0.2, 0.25) is 0 Å². The highest BCUT2D eigenvalue weighted by molar-refractivity contribution is 5.27. The molecule has 18 heavy (non-hydrogen) atoms. The van der Waals surface area contributed by atoms with E-state index in [9.17, 15) is 4.39 Å². The lowest BCUT2D eigenvalue weighted by molar-refractivity contribution is 0.622. The molecule has 0 aliphatic rings. The first-order valence-electron chi connectivity index (χ1n) is 6.02. The highest BCUT2D eigenvalue weighted by Gasteiger charge is 2.06. The fraction of sp³-hybridized carbons (Fsp3) is 0.357. The summed E-state index contributed by atoms with van der Waals surface area (Å²) in [5.74, 6) is -0.191. The van der Waals surface area contributed by atoms with E-state index in [0.29, 0.717) is 6.54 Å². The quantitative estimate of drug-likeness (QED) is 0.899. The molecule has 0 radical (unpaired) electrons. The van der Waals surface area contributed by atoms with E-state index in [0.717, 1.165) is 23.4 Å². The molecule has 0 atom stereocenters. The van der Waals surface area contributed by atoms with Gasteiger partial charge in [0.1, 0.15) is 5.82 Å². The molecule has 3 nitrogen and oxygen atoms in total. The fourth-order valence-electron chi connectivity index (χ4n) is 2.02. The molecule has 2 aromatic rings. The Balaban J connectivity index is 2.20. The minimum Gasteiger partial charge on any atom is -0.316 e. The highest BCUT2D eigenvalue weighted by atomic mass is 19.1. The molecular weight excluding hydrogens is 229 g/mol. The maximum Gasteiger partial charge on any atom is 0.123 e. The molecule has 0 bridgehead atoms. The van der Waals surface area contributed by atoms with Gasteiger partial charge in [0, 0.05) is 18.3 Å². The summed E-state index contributed by atoms with van der Waals surface area (Å²) in [6.45, 7) is 5.41. The second kappa shape index (κ2) is 5.31. The van der Waals surface area contributed by atoms with Crippen molar-refractivity contribution in [3.05, 3.63) is 52.6 Å². The van der Waals surface area contributed by atoms with Gasteiger partial charge in [-0.15, -0.1) is 0 Å². The smallest absolute Gasteiger partial charge is 0.123 e. The van der Waals surface area contributed by atoms with E-state index in [1.807, 2.05) is 37.8 Å². The first kappa shape index (κ1) is 12.8. The second-order valence-electron chi connectivity index (χ2n) is 4.54. The van der Waals surface area contributed by atoms with E-state index in [2.05, 4.69) is 10.4 Å². The van der Waals surface area contributed by atoms with Gasteiger partial charge in [-0.2, -0.15) is 5.10 Å². The minimum absolute atomic E-state index is 0.191. The first-order valence-corrected chi connectivity index (χ1v) is 6.02. The molecule has 1 heterocycles. The summed E-state index contributed by atoms with van der Waals surface area (Å²) in [4.78, 5) is 0. The minimum atomic E-state index is -0.191. The van der Waals surface area contributed by atoms with Crippen LogP contribution < -0.4 is 5.32 Å². The fourth-order valence-corrected chi connectivity index (χ4v) is 2.02. The summed E-state index contributed by atoms with van der Waals surface area (Å²) in [7, 11) is 1.92. The average Bonchev–Trinajstić information content (AvgIpc) is 2.64. The Kier molecular flexibility index (Phi) is 3.77. The molecule has 1 aromatic carbocycles. The number of nitrogens with zero attached hydrogens (tertiary/aromatic N) is 2. The molecule has 0 amide bonds. The van der Waals surface area contributed by atoms with Crippen LogP contribution in [0.1, 0.15) is 22.4 Å². The normalized spacial score (nSPS) is 10.9. The van der Waals surface area contributed by atoms with Crippen LogP contribution in [0.4, 0.5) is 4.39 Å². The number of aromatic nitrogens is 2. The van der Waals surface area contributed by atoms with Gasteiger partial charge >= 0.3 is 0 Å². The predicted molar refractivity (Wildman–Crippen MR) is 70.0 cm³/mol. The van der Waals surface area contributed by atoms with Crippen LogP contribution in [0, 0.1) is 19.7 Å². The monoisotopic (exact) mass is 247 g/mol. The Labute approximate surface area is 107 Å². The molecule has 1 aromatic heterocycles. The third kappa shape index (κ3) is 2.76. The summed E-state index contributed by atoms with van der Waals surface area (Å²) in [5, 5.41) is 7.59. The van der Waals surface area contributed by atoms with Crippen molar-refractivity contribution in [1.29, 1.82) is 0 Å². The van der Waals surface area contributed by atoms with E-state index in [4.69, 9.17) is 0 Å². The summed E-state index contributed by atoms with van der Waals surface area (Å²) in [6.07, 6.45) is 2.04. The lowest BCUT2D eigenvalue weighted by Crippen LogP contribution is -2.05. The largest absolute Gasteiger partial charge is 0.316 e. The third-order valence-corrected chi connectivity index (χ3v) is 3.05. The number of nitrogens with one attached hydrogen (secondary N) is 1. The molecule has 4 heteroatoms. The van der Waals surface area contributed by atoms with Gasteiger partial charge in [-0.25, -0.2) is 4.39 Å². The SMILES string of the molecule is CNCc1cn(Cc2ccc(F)cc2C)nc1C. The van der Waals surface area contributed by atoms with Crippen molar-refractivity contribution >= 4 is 0 Å². The zero-order chi connectivity index (χ0) is 13.1. The summed E-state index contributed by atoms with van der Waals surface area (Å²) < 4.78 is 14.9. The lowest BCUT2D eigenvalue weighted by Gasteiger charge is -2.05. The average molecular weight is 247 g/mol. The van der Waals surface area contributed by atoms with Gasteiger partial charge < -0.3 is 5.32 Å². The van der Waals surface area contributed by atoms with Gasteiger partial charge in [0.2, 0.25) is 0 Å². The van der Waals surface area contributed by atoms with Gasteiger partial charge in [0.25, 0.3) is 0 Å². The number of halogens is 1. The van der Waals surface area contributed by atoms with E-state index >= 15 is 0 Å². The Hall–Kier alpha value is -1.68. The van der Waals surface area contributed by atoms with Gasteiger partial charge in [-0.05, 0) is 44.2 Å². The molecule has 0 aliphatic carbocycles. The predicted octanol–water partition coefficient (Wildman–Crippen LogP) is 2.41. The van der Waals surface area contributed by atoms with Crippen LogP contribution in [0.25, 0.3) is 0 Å². The first-order chi connectivity index (χ1) is 8.60. The molecule has 0 unspecified atom stereocenters. The summed E-state index contributed by atoms with van der Waals surface area (Å²) in [6, 6.07) is 4.87. The lowest BCUT2D eigenvalue weighted by atomic mass is 10.1. The summed E-state index contributed by atoms with van der Waals surface area (Å²) in [5.41, 5.74) is 4.27. The van der Waals surface area contributed by atoms with Crippen LogP contribution in [0.15, 0.2) is 24.4 Å². The van der Waals surface area contributed by atoms with Gasteiger partial charge in [0.15, 0.2) is 0 Å². The second-order valence-corrected chi connectivity index (χ2v) is 4.54. The van der Waals surface area contributed by atoms with Gasteiger partial charge in [0.05, 0.1) is 12.2 Å². The van der Waals surface area contributed by atoms with Crippen molar-refractivity contribution < 1.29 is 4.39 Å². The van der Waals surface area contributed by atoms with Crippen molar-refractivity contribution in [2.75, 3.05) is 7.05 Å². The van der Waals surface area contributed by atoms with E-state index in [-0.39, 0.29) is 5.82 Å². The van der Waals surface area contributed by atoms with Crippen molar-refractivity contribution in [3.63, 3.8) is 0 Å². The molecule has 96 valence electrons. The maximum atomic E-state index is 13.0. The maximum absolute atomic E-state index is 13.0. The molecule has 1 N–H and O–H groups in total. The number of benzene rings is 1. The van der Waals surface area contributed by atoms with Crippen molar-refractivity contribution in [1.82, 2.24) is 15.1 Å². The number of hydrogen-bond acceptors (Lipinski definition) is 2. The van der Waals surface area contributed by atoms with Gasteiger partial charge in [-0.3, -0.25) is 4.68 Å². The zero-order valence-corrected chi connectivity index (χ0v) is 11.0. The Morgan fingerprint density at radius 3 is 2.72 bits per heavy atom. The Bertz CT molecular complexity index is 546.